The molecule has 0 saturated heterocycles. The summed E-state index contributed by atoms with van der Waals surface area (Å²) in [4.78, 5) is 19.1. The van der Waals surface area contributed by atoms with E-state index in [0.29, 0.717) is 12.8 Å². The zero-order valence-electron chi connectivity index (χ0n) is 9.05. The highest BCUT2D eigenvalue weighted by Gasteiger charge is 2.08. The van der Waals surface area contributed by atoms with Gasteiger partial charge in [0.25, 0.3) is 0 Å². The lowest BCUT2D eigenvalue weighted by Gasteiger charge is -1.99. The summed E-state index contributed by atoms with van der Waals surface area (Å²) in [7, 11) is 1.90. The molecule has 2 aromatic heterocycles. The SMILES string of the molecule is Cn1c(CCCC(=O)O)nc2cccnc21. The van der Waals surface area contributed by atoms with E-state index in [2.05, 4.69) is 9.97 Å². The predicted octanol–water partition coefficient (Wildman–Crippen LogP) is 1.38. The van der Waals surface area contributed by atoms with E-state index in [4.69, 9.17) is 5.11 Å². The first-order chi connectivity index (χ1) is 7.68. The number of carboxylic acids is 1. The monoisotopic (exact) mass is 219 g/mol. The smallest absolute Gasteiger partial charge is 0.303 e. The number of aromatic nitrogens is 3. The number of carbonyl (C=O) groups is 1. The molecule has 0 aliphatic carbocycles. The third kappa shape index (κ3) is 2.03. The van der Waals surface area contributed by atoms with Gasteiger partial charge in [-0.05, 0) is 18.6 Å². The topological polar surface area (TPSA) is 68.0 Å². The highest BCUT2D eigenvalue weighted by atomic mass is 16.4. The van der Waals surface area contributed by atoms with Crippen LogP contribution in [0.25, 0.3) is 11.2 Å². The number of rotatable bonds is 4. The summed E-state index contributed by atoms with van der Waals surface area (Å²) in [6, 6.07) is 3.75. The molecule has 5 heteroatoms. The fourth-order valence-corrected chi connectivity index (χ4v) is 1.69. The van der Waals surface area contributed by atoms with E-state index in [1.54, 1.807) is 6.20 Å². The highest BCUT2D eigenvalue weighted by molar-refractivity contribution is 5.71. The minimum atomic E-state index is -0.767. The molecule has 2 rings (SSSR count). The molecule has 5 nitrogen and oxygen atoms in total. The number of carboxylic acid groups (broad SMARTS) is 1. The number of aryl methyl sites for hydroxylation is 2. The standard InChI is InChI=1S/C11H13N3O2/c1-14-9(5-2-6-10(15)16)13-8-4-3-7-12-11(8)14/h3-4,7H,2,5-6H2,1H3,(H,15,16). The molecule has 0 aromatic carbocycles. The van der Waals surface area contributed by atoms with Gasteiger partial charge in [0.15, 0.2) is 5.65 Å². The average molecular weight is 219 g/mol. The molecule has 0 aliphatic heterocycles. The Labute approximate surface area is 92.8 Å². The van der Waals surface area contributed by atoms with Crippen LogP contribution in [0.2, 0.25) is 0 Å². The van der Waals surface area contributed by atoms with Gasteiger partial charge in [0.1, 0.15) is 11.3 Å². The van der Waals surface area contributed by atoms with Crippen molar-refractivity contribution in [3.63, 3.8) is 0 Å². The van der Waals surface area contributed by atoms with Crippen LogP contribution in [-0.4, -0.2) is 25.6 Å². The molecule has 1 N–H and O–H groups in total. The number of aliphatic carboxylic acids is 1. The van der Waals surface area contributed by atoms with Crippen molar-refractivity contribution in [1.82, 2.24) is 14.5 Å². The second-order valence-electron chi connectivity index (χ2n) is 3.68. The third-order valence-electron chi connectivity index (χ3n) is 2.51. The maximum absolute atomic E-state index is 10.4. The number of fused-ring (bicyclic) bond motifs is 1. The van der Waals surface area contributed by atoms with E-state index in [9.17, 15) is 4.79 Å². The van der Waals surface area contributed by atoms with Gasteiger partial charge in [0, 0.05) is 26.1 Å². The lowest BCUT2D eigenvalue weighted by molar-refractivity contribution is -0.137. The van der Waals surface area contributed by atoms with E-state index >= 15 is 0 Å². The van der Waals surface area contributed by atoms with Crippen LogP contribution in [0.5, 0.6) is 0 Å². The summed E-state index contributed by atoms with van der Waals surface area (Å²) >= 11 is 0. The maximum atomic E-state index is 10.4. The van der Waals surface area contributed by atoms with Crippen molar-refractivity contribution in [2.24, 2.45) is 7.05 Å². The second kappa shape index (κ2) is 4.30. The van der Waals surface area contributed by atoms with Gasteiger partial charge in [-0.3, -0.25) is 4.79 Å². The summed E-state index contributed by atoms with van der Waals surface area (Å²) in [6.45, 7) is 0. The Bertz CT molecular complexity index is 519. The lowest BCUT2D eigenvalue weighted by Crippen LogP contribution is -2.01. The van der Waals surface area contributed by atoms with Crippen LogP contribution in [0.1, 0.15) is 18.7 Å². The Kier molecular flexibility index (Phi) is 2.85. The number of pyridine rings is 1. The van der Waals surface area contributed by atoms with Crippen molar-refractivity contribution in [2.75, 3.05) is 0 Å². The average Bonchev–Trinajstić information content (AvgIpc) is 2.56. The molecule has 84 valence electrons. The Morgan fingerprint density at radius 3 is 3.06 bits per heavy atom. The molecule has 0 spiro atoms. The summed E-state index contributed by atoms with van der Waals surface area (Å²) in [6.07, 6.45) is 3.17. The van der Waals surface area contributed by atoms with E-state index in [-0.39, 0.29) is 6.42 Å². The fraction of sp³-hybridized carbons (Fsp3) is 0.364. The van der Waals surface area contributed by atoms with Gasteiger partial charge >= 0.3 is 5.97 Å². The van der Waals surface area contributed by atoms with Gasteiger partial charge in [-0.25, -0.2) is 9.97 Å². The van der Waals surface area contributed by atoms with Crippen molar-refractivity contribution in [2.45, 2.75) is 19.3 Å². The zero-order chi connectivity index (χ0) is 11.5. The summed E-state index contributed by atoms with van der Waals surface area (Å²) < 4.78 is 1.91. The minimum absolute atomic E-state index is 0.177. The van der Waals surface area contributed by atoms with Gasteiger partial charge in [0.05, 0.1) is 0 Å². The number of imidazole rings is 1. The molecule has 2 heterocycles. The molecule has 2 aromatic rings. The first-order valence-corrected chi connectivity index (χ1v) is 5.16. The first kappa shape index (κ1) is 10.6. The van der Waals surface area contributed by atoms with Crippen molar-refractivity contribution >= 4 is 17.1 Å². The number of hydrogen-bond acceptors (Lipinski definition) is 3. The molecule has 0 bridgehead atoms. The van der Waals surface area contributed by atoms with E-state index in [0.717, 1.165) is 17.0 Å². The van der Waals surface area contributed by atoms with Crippen LogP contribution in [0.4, 0.5) is 0 Å². The molecule has 0 atom stereocenters. The Morgan fingerprint density at radius 1 is 1.56 bits per heavy atom. The molecule has 16 heavy (non-hydrogen) atoms. The van der Waals surface area contributed by atoms with Crippen LogP contribution in [0.3, 0.4) is 0 Å². The summed E-state index contributed by atoms with van der Waals surface area (Å²) in [5, 5.41) is 8.56. The lowest BCUT2D eigenvalue weighted by atomic mass is 10.2. The van der Waals surface area contributed by atoms with Crippen molar-refractivity contribution in [1.29, 1.82) is 0 Å². The quantitative estimate of drug-likeness (QED) is 0.843. The van der Waals surface area contributed by atoms with Crippen molar-refractivity contribution < 1.29 is 9.90 Å². The molecule has 0 aliphatic rings. The molecule has 0 unspecified atom stereocenters. The number of nitrogens with zero attached hydrogens (tertiary/aromatic N) is 3. The zero-order valence-corrected chi connectivity index (χ0v) is 9.05. The van der Waals surface area contributed by atoms with Gasteiger partial charge in [-0.15, -0.1) is 0 Å². The summed E-state index contributed by atoms with van der Waals surface area (Å²) in [5.74, 6) is 0.117. The Morgan fingerprint density at radius 2 is 2.38 bits per heavy atom. The maximum Gasteiger partial charge on any atom is 0.303 e. The fourth-order valence-electron chi connectivity index (χ4n) is 1.69. The van der Waals surface area contributed by atoms with E-state index in [1.807, 2.05) is 23.7 Å². The first-order valence-electron chi connectivity index (χ1n) is 5.16. The molecule has 0 fully saturated rings. The van der Waals surface area contributed by atoms with Crippen LogP contribution in [0.15, 0.2) is 18.3 Å². The Balaban J connectivity index is 2.18. The van der Waals surface area contributed by atoms with Crippen LogP contribution in [-0.2, 0) is 18.3 Å². The molecular weight excluding hydrogens is 206 g/mol. The van der Waals surface area contributed by atoms with Crippen LogP contribution >= 0.6 is 0 Å². The van der Waals surface area contributed by atoms with Crippen LogP contribution in [0, 0.1) is 0 Å². The molecule has 0 saturated carbocycles. The van der Waals surface area contributed by atoms with E-state index in [1.165, 1.54) is 0 Å². The number of hydrogen-bond donors (Lipinski definition) is 1. The summed E-state index contributed by atoms with van der Waals surface area (Å²) in [5.41, 5.74) is 1.70. The third-order valence-corrected chi connectivity index (χ3v) is 2.51. The van der Waals surface area contributed by atoms with Crippen molar-refractivity contribution in [3.8, 4) is 0 Å². The van der Waals surface area contributed by atoms with Crippen molar-refractivity contribution in [3.05, 3.63) is 24.2 Å². The predicted molar refractivity (Wildman–Crippen MR) is 59.1 cm³/mol. The highest BCUT2D eigenvalue weighted by Crippen LogP contribution is 2.13. The van der Waals surface area contributed by atoms with Crippen LogP contribution < -0.4 is 0 Å². The minimum Gasteiger partial charge on any atom is -0.481 e. The Hall–Kier alpha value is -1.91. The van der Waals surface area contributed by atoms with Gasteiger partial charge < -0.3 is 9.67 Å². The van der Waals surface area contributed by atoms with Gasteiger partial charge in [-0.1, -0.05) is 0 Å². The largest absolute Gasteiger partial charge is 0.481 e. The van der Waals surface area contributed by atoms with E-state index < -0.39 is 5.97 Å². The van der Waals surface area contributed by atoms with Gasteiger partial charge in [-0.2, -0.15) is 0 Å². The normalized spacial score (nSPS) is 10.8. The second-order valence-corrected chi connectivity index (χ2v) is 3.68. The molecular formula is C11H13N3O2. The van der Waals surface area contributed by atoms with Gasteiger partial charge in [0.2, 0.25) is 0 Å². The molecule has 0 amide bonds. The molecule has 0 radical (unpaired) electrons.